The summed E-state index contributed by atoms with van der Waals surface area (Å²) in [6.45, 7) is 0. The molecule has 0 aromatic heterocycles. The first-order valence-electron chi connectivity index (χ1n) is 7.69. The van der Waals surface area contributed by atoms with Crippen LogP contribution in [0.2, 0.25) is 0 Å². The van der Waals surface area contributed by atoms with Gasteiger partial charge in [0, 0.05) is 5.56 Å². The maximum Gasteiger partial charge on any atom is 0.416 e. The molecular formula is C20H19F3OS2. The fourth-order valence-corrected chi connectivity index (χ4v) is 3.01. The zero-order valence-corrected chi connectivity index (χ0v) is 16.3. The Hall–Kier alpha value is -1.79. The Labute approximate surface area is 160 Å². The Balaban J connectivity index is 2.70. The first-order chi connectivity index (χ1) is 12.4. The van der Waals surface area contributed by atoms with Crippen molar-refractivity contribution in [2.24, 2.45) is 0 Å². The van der Waals surface area contributed by atoms with Gasteiger partial charge in [-0.3, -0.25) is 0 Å². The van der Waals surface area contributed by atoms with Crippen molar-refractivity contribution in [3.8, 4) is 16.9 Å². The van der Waals surface area contributed by atoms with Crippen LogP contribution in [0, 0.1) is 0 Å². The van der Waals surface area contributed by atoms with Gasteiger partial charge in [-0.15, -0.1) is 23.5 Å². The fraction of sp³-hybridized carbons (Fsp3) is 0.200. The normalized spacial score (nSPS) is 12.2. The Morgan fingerprint density at radius 3 is 2.19 bits per heavy atom. The zero-order valence-electron chi connectivity index (χ0n) is 14.6. The molecule has 6 heteroatoms. The predicted molar refractivity (Wildman–Crippen MR) is 109 cm³/mol. The van der Waals surface area contributed by atoms with E-state index >= 15 is 0 Å². The van der Waals surface area contributed by atoms with E-state index in [2.05, 4.69) is 0 Å². The summed E-state index contributed by atoms with van der Waals surface area (Å²) in [4.78, 5) is 0. The Morgan fingerprint density at radius 1 is 0.885 bits per heavy atom. The second-order valence-electron chi connectivity index (χ2n) is 5.34. The van der Waals surface area contributed by atoms with Crippen LogP contribution in [-0.4, -0.2) is 19.6 Å². The lowest BCUT2D eigenvalue weighted by molar-refractivity contribution is -0.137. The second-order valence-corrected chi connectivity index (χ2v) is 6.82. The van der Waals surface area contributed by atoms with Crippen LogP contribution in [0.15, 0.2) is 47.2 Å². The van der Waals surface area contributed by atoms with E-state index in [0.717, 1.165) is 11.6 Å². The molecule has 0 bridgehead atoms. The van der Waals surface area contributed by atoms with Gasteiger partial charge in [0.05, 0.1) is 12.7 Å². The van der Waals surface area contributed by atoms with Crippen molar-refractivity contribution in [2.45, 2.75) is 6.18 Å². The minimum Gasteiger partial charge on any atom is -0.496 e. The summed E-state index contributed by atoms with van der Waals surface area (Å²) in [5, 5.41) is 3.77. The van der Waals surface area contributed by atoms with Crippen LogP contribution in [0.4, 0.5) is 13.2 Å². The third-order valence-corrected chi connectivity index (χ3v) is 4.49. The summed E-state index contributed by atoms with van der Waals surface area (Å²) in [7, 11) is 1.52. The van der Waals surface area contributed by atoms with Crippen molar-refractivity contribution < 1.29 is 17.9 Å². The molecule has 0 amide bonds. The highest BCUT2D eigenvalue weighted by Gasteiger charge is 2.31. The van der Waals surface area contributed by atoms with Crippen LogP contribution < -0.4 is 4.74 Å². The molecule has 0 saturated heterocycles. The minimum absolute atomic E-state index is 0.487. The molecule has 2 aromatic rings. The SMILES string of the molecule is COc1ccc(/C=C/SC)cc1-c1cc(C(F)(F)F)ccc1/C=C/SC. The highest BCUT2D eigenvalue weighted by Crippen LogP contribution is 2.38. The van der Waals surface area contributed by atoms with Crippen molar-refractivity contribution >= 4 is 35.7 Å². The summed E-state index contributed by atoms with van der Waals surface area (Å²) in [5.74, 6) is 0.532. The number of alkyl halides is 3. The van der Waals surface area contributed by atoms with Crippen LogP contribution >= 0.6 is 23.5 Å². The molecule has 0 aliphatic rings. The van der Waals surface area contributed by atoms with Crippen LogP contribution in [0.5, 0.6) is 5.75 Å². The van der Waals surface area contributed by atoms with Gasteiger partial charge in [0.2, 0.25) is 0 Å². The summed E-state index contributed by atoms with van der Waals surface area (Å²) in [6, 6.07) is 9.28. The zero-order chi connectivity index (χ0) is 19.2. The average molecular weight is 396 g/mol. The standard InChI is InChI=1S/C20H19F3OS2/c1-24-19-7-4-14(8-10-25-2)12-18(19)17-13-16(20(21,22)23)6-5-15(17)9-11-26-3/h4-13H,1-3H3/b10-8+,11-9+. The van der Waals surface area contributed by atoms with Crippen molar-refractivity contribution in [2.75, 3.05) is 19.6 Å². The first kappa shape index (κ1) is 20.5. The van der Waals surface area contributed by atoms with Gasteiger partial charge in [0.1, 0.15) is 5.75 Å². The molecule has 2 rings (SSSR count). The Morgan fingerprint density at radius 2 is 1.58 bits per heavy atom. The maximum atomic E-state index is 13.2. The molecule has 0 aliphatic carbocycles. The first-order valence-corrected chi connectivity index (χ1v) is 10.3. The van der Waals surface area contributed by atoms with Crippen molar-refractivity contribution in [1.29, 1.82) is 0 Å². The number of hydrogen-bond acceptors (Lipinski definition) is 3. The molecule has 0 saturated carbocycles. The third-order valence-electron chi connectivity index (χ3n) is 3.67. The predicted octanol–water partition coefficient (Wildman–Crippen LogP) is 7.05. The summed E-state index contributed by atoms with van der Waals surface area (Å²) >= 11 is 3.04. The molecule has 26 heavy (non-hydrogen) atoms. The van der Waals surface area contributed by atoms with E-state index in [1.54, 1.807) is 17.8 Å². The molecule has 0 atom stereocenters. The third kappa shape index (κ3) is 5.11. The molecule has 0 fully saturated rings. The van der Waals surface area contributed by atoms with Crippen molar-refractivity contribution in [3.05, 3.63) is 63.9 Å². The molecule has 0 spiro atoms. The number of rotatable bonds is 6. The van der Waals surface area contributed by atoms with Crippen LogP contribution in [0.1, 0.15) is 16.7 Å². The lowest BCUT2D eigenvalue weighted by Gasteiger charge is -2.15. The topological polar surface area (TPSA) is 9.23 Å². The average Bonchev–Trinajstić information content (AvgIpc) is 2.63. The molecule has 1 nitrogen and oxygen atoms in total. The van der Waals surface area contributed by atoms with Gasteiger partial charge in [0.15, 0.2) is 0 Å². The van der Waals surface area contributed by atoms with Gasteiger partial charge in [-0.2, -0.15) is 13.2 Å². The van der Waals surface area contributed by atoms with Gasteiger partial charge in [-0.1, -0.05) is 12.1 Å². The number of ether oxygens (including phenoxy) is 1. The van der Waals surface area contributed by atoms with Gasteiger partial charge in [-0.05, 0) is 76.4 Å². The number of halogens is 3. The molecule has 0 radical (unpaired) electrons. The molecule has 0 aliphatic heterocycles. The van der Waals surface area contributed by atoms with E-state index in [1.165, 1.54) is 31.0 Å². The molecule has 138 valence electrons. The van der Waals surface area contributed by atoms with Crippen LogP contribution in [0.25, 0.3) is 23.3 Å². The fourth-order valence-electron chi connectivity index (χ4n) is 2.44. The molecule has 0 heterocycles. The molecule has 0 N–H and O–H groups in total. The lowest BCUT2D eigenvalue weighted by atomic mass is 9.95. The Kier molecular flexibility index (Phi) is 7.29. The maximum absolute atomic E-state index is 13.2. The Bertz CT molecular complexity index is 811. The van der Waals surface area contributed by atoms with E-state index in [9.17, 15) is 13.2 Å². The van der Waals surface area contributed by atoms with Crippen LogP contribution in [-0.2, 0) is 6.18 Å². The van der Waals surface area contributed by atoms with E-state index in [4.69, 9.17) is 4.74 Å². The largest absolute Gasteiger partial charge is 0.496 e. The van der Waals surface area contributed by atoms with Crippen LogP contribution in [0.3, 0.4) is 0 Å². The van der Waals surface area contributed by atoms with E-state index < -0.39 is 11.7 Å². The quantitative estimate of drug-likeness (QED) is 0.518. The van der Waals surface area contributed by atoms with E-state index in [-0.39, 0.29) is 0 Å². The van der Waals surface area contributed by atoms with E-state index in [0.29, 0.717) is 22.4 Å². The highest BCUT2D eigenvalue weighted by molar-refractivity contribution is 8.01. The minimum atomic E-state index is -4.40. The highest BCUT2D eigenvalue weighted by atomic mass is 32.2. The second kappa shape index (κ2) is 9.24. The van der Waals surface area contributed by atoms with Gasteiger partial charge >= 0.3 is 6.18 Å². The summed E-state index contributed by atoms with van der Waals surface area (Å²) in [5.41, 5.74) is 2.04. The summed E-state index contributed by atoms with van der Waals surface area (Å²) < 4.78 is 45.1. The molecule has 2 aromatic carbocycles. The van der Waals surface area contributed by atoms with Gasteiger partial charge in [-0.25, -0.2) is 0 Å². The lowest BCUT2D eigenvalue weighted by Crippen LogP contribution is -2.05. The number of thioether (sulfide) groups is 2. The smallest absolute Gasteiger partial charge is 0.416 e. The number of hydrogen-bond donors (Lipinski definition) is 0. The number of benzene rings is 2. The summed E-state index contributed by atoms with van der Waals surface area (Å²) in [6.07, 6.45) is 3.16. The van der Waals surface area contributed by atoms with Gasteiger partial charge < -0.3 is 4.74 Å². The molecule has 0 unspecified atom stereocenters. The number of methoxy groups -OCH3 is 1. The van der Waals surface area contributed by atoms with E-state index in [1.807, 2.05) is 47.6 Å². The van der Waals surface area contributed by atoms with Crippen molar-refractivity contribution in [1.82, 2.24) is 0 Å². The van der Waals surface area contributed by atoms with Gasteiger partial charge in [0.25, 0.3) is 0 Å². The molecular weight excluding hydrogens is 377 g/mol. The van der Waals surface area contributed by atoms with Crippen molar-refractivity contribution in [3.63, 3.8) is 0 Å². The monoisotopic (exact) mass is 396 g/mol.